The van der Waals surface area contributed by atoms with Crippen molar-refractivity contribution < 1.29 is 0 Å². The summed E-state index contributed by atoms with van der Waals surface area (Å²) in [6, 6.07) is 0. The van der Waals surface area contributed by atoms with Gasteiger partial charge in [-0.2, -0.15) is 0 Å². The Hall–Kier alpha value is -0.820. The Morgan fingerprint density at radius 1 is 1.36 bits per heavy atom. The van der Waals surface area contributed by atoms with Gasteiger partial charge in [0.05, 0.1) is 0 Å². The van der Waals surface area contributed by atoms with Crippen LogP contribution in [0.2, 0.25) is 0 Å². The van der Waals surface area contributed by atoms with E-state index in [4.69, 9.17) is 0 Å². The van der Waals surface area contributed by atoms with Crippen LogP contribution in [-0.4, -0.2) is 13.1 Å². The van der Waals surface area contributed by atoms with Crippen LogP contribution in [0.4, 0.5) is 0 Å². The fourth-order valence-corrected chi connectivity index (χ4v) is 0.890. The molecule has 0 saturated heterocycles. The molecule has 0 rings (SSSR count). The van der Waals surface area contributed by atoms with E-state index in [1.54, 1.807) is 0 Å². The van der Waals surface area contributed by atoms with Crippen molar-refractivity contribution in [3.05, 3.63) is 36.5 Å². The lowest BCUT2D eigenvalue weighted by Gasteiger charge is -2.03. The van der Waals surface area contributed by atoms with Crippen molar-refractivity contribution in [2.24, 2.45) is 5.92 Å². The van der Waals surface area contributed by atoms with Crippen LogP contribution in [0.1, 0.15) is 27.2 Å². The van der Waals surface area contributed by atoms with Gasteiger partial charge in [0, 0.05) is 6.54 Å². The molecule has 0 amide bonds. The average Bonchev–Trinajstić information content (AvgIpc) is 2.09. The van der Waals surface area contributed by atoms with Crippen molar-refractivity contribution in [1.29, 1.82) is 0 Å². The van der Waals surface area contributed by atoms with Crippen LogP contribution < -0.4 is 5.32 Å². The Morgan fingerprint density at radius 2 is 2.00 bits per heavy atom. The maximum Gasteiger partial charge on any atom is 0.0138 e. The summed E-state index contributed by atoms with van der Waals surface area (Å²) in [6.07, 6.45) is 5.28. The second kappa shape index (κ2) is 7.57. The second-order valence-electron chi connectivity index (χ2n) is 4.04. The third-order valence-corrected chi connectivity index (χ3v) is 2.06. The average molecular weight is 193 g/mol. The summed E-state index contributed by atoms with van der Waals surface area (Å²) in [7, 11) is 0. The first-order valence-corrected chi connectivity index (χ1v) is 5.24. The molecule has 0 aromatic heterocycles. The molecule has 14 heavy (non-hydrogen) atoms. The zero-order valence-electron chi connectivity index (χ0n) is 9.77. The third-order valence-electron chi connectivity index (χ3n) is 2.06. The monoisotopic (exact) mass is 193 g/mol. The van der Waals surface area contributed by atoms with Gasteiger partial charge in [-0.25, -0.2) is 0 Å². The number of rotatable bonds is 7. The molecule has 0 aliphatic heterocycles. The highest BCUT2D eigenvalue weighted by Gasteiger charge is 1.93. The maximum absolute atomic E-state index is 3.97. The van der Waals surface area contributed by atoms with Crippen molar-refractivity contribution >= 4 is 0 Å². The van der Waals surface area contributed by atoms with Crippen LogP contribution in [0.3, 0.4) is 0 Å². The predicted molar refractivity (Wildman–Crippen MR) is 65.4 cm³/mol. The number of nitrogens with one attached hydrogen (secondary N) is 1. The molecule has 0 bridgehead atoms. The van der Waals surface area contributed by atoms with Crippen LogP contribution in [0, 0.1) is 5.92 Å². The lowest BCUT2D eigenvalue weighted by molar-refractivity contribution is 0.739. The maximum atomic E-state index is 3.97. The molecule has 1 nitrogen and oxygen atoms in total. The van der Waals surface area contributed by atoms with E-state index in [2.05, 4.69) is 51.4 Å². The van der Waals surface area contributed by atoms with Crippen LogP contribution in [0.25, 0.3) is 0 Å². The van der Waals surface area contributed by atoms with Crippen molar-refractivity contribution in [1.82, 2.24) is 5.32 Å². The Bertz CT molecular complexity index is 211. The Morgan fingerprint density at radius 3 is 2.50 bits per heavy atom. The topological polar surface area (TPSA) is 12.0 Å². The molecule has 0 aliphatic carbocycles. The molecule has 1 N–H and O–H groups in total. The van der Waals surface area contributed by atoms with E-state index in [-0.39, 0.29) is 0 Å². The molecule has 0 aromatic carbocycles. The highest BCUT2D eigenvalue weighted by atomic mass is 14.8. The lowest BCUT2D eigenvalue weighted by Crippen LogP contribution is -2.15. The smallest absolute Gasteiger partial charge is 0.0138 e. The molecule has 0 aliphatic rings. The minimum atomic E-state index is 0.543. The molecule has 0 fully saturated rings. The van der Waals surface area contributed by atoms with E-state index in [9.17, 15) is 0 Å². The van der Waals surface area contributed by atoms with Gasteiger partial charge in [0.2, 0.25) is 0 Å². The summed E-state index contributed by atoms with van der Waals surface area (Å²) < 4.78 is 0. The van der Waals surface area contributed by atoms with Crippen LogP contribution in [-0.2, 0) is 0 Å². The molecule has 0 saturated carbocycles. The van der Waals surface area contributed by atoms with E-state index in [1.165, 1.54) is 11.1 Å². The van der Waals surface area contributed by atoms with Crippen molar-refractivity contribution in [2.45, 2.75) is 27.2 Å². The zero-order valence-corrected chi connectivity index (χ0v) is 9.77. The van der Waals surface area contributed by atoms with Crippen LogP contribution >= 0.6 is 0 Å². The van der Waals surface area contributed by atoms with E-state index >= 15 is 0 Å². The van der Waals surface area contributed by atoms with Crippen molar-refractivity contribution in [3.63, 3.8) is 0 Å². The Balaban J connectivity index is 3.45. The third kappa shape index (κ3) is 7.81. The van der Waals surface area contributed by atoms with Crippen LogP contribution in [0.5, 0.6) is 0 Å². The highest BCUT2D eigenvalue weighted by Crippen LogP contribution is 2.06. The number of hydrogen-bond donors (Lipinski definition) is 1. The predicted octanol–water partition coefficient (Wildman–Crippen LogP) is 3.31. The van der Waals surface area contributed by atoms with Gasteiger partial charge < -0.3 is 5.32 Å². The summed E-state index contributed by atoms with van der Waals surface area (Å²) in [5.41, 5.74) is 2.42. The van der Waals surface area contributed by atoms with Crippen LogP contribution in [0.15, 0.2) is 36.5 Å². The fourth-order valence-electron chi connectivity index (χ4n) is 0.890. The summed E-state index contributed by atoms with van der Waals surface area (Å²) in [4.78, 5) is 0. The summed E-state index contributed by atoms with van der Waals surface area (Å²) in [5, 5.41) is 3.32. The minimum Gasteiger partial charge on any atom is -0.313 e. The lowest BCUT2D eigenvalue weighted by atomic mass is 10.1. The summed E-state index contributed by atoms with van der Waals surface area (Å²) >= 11 is 0. The van der Waals surface area contributed by atoms with Crippen molar-refractivity contribution in [2.75, 3.05) is 13.1 Å². The van der Waals surface area contributed by atoms with Crippen molar-refractivity contribution in [3.8, 4) is 0 Å². The molecule has 80 valence electrons. The standard InChI is InChI=1S/C13H23N/c1-11(2)8-10-14-9-6-7-13(5)12(3)4/h6-7,12,14H,1,5,8-10H2,2-4H3/b7-6+. The zero-order chi connectivity index (χ0) is 11.0. The molecule has 0 spiro atoms. The summed E-state index contributed by atoms with van der Waals surface area (Å²) in [6.45, 7) is 16.1. The van der Waals surface area contributed by atoms with E-state index < -0.39 is 0 Å². The first-order chi connectivity index (χ1) is 6.54. The molecule has 1 heteroatoms. The highest BCUT2D eigenvalue weighted by molar-refractivity contribution is 5.16. The first-order valence-electron chi connectivity index (χ1n) is 5.24. The number of allylic oxidation sites excluding steroid dienone is 2. The quantitative estimate of drug-likeness (QED) is 0.371. The second-order valence-corrected chi connectivity index (χ2v) is 4.04. The van der Waals surface area contributed by atoms with Gasteiger partial charge in [0.25, 0.3) is 0 Å². The Kier molecular flexibility index (Phi) is 7.13. The normalized spacial score (nSPS) is 11.1. The van der Waals surface area contributed by atoms with E-state index in [1.807, 2.05) is 0 Å². The molecule has 0 unspecified atom stereocenters. The molecule has 0 heterocycles. The van der Waals surface area contributed by atoms with Gasteiger partial charge in [-0.3, -0.25) is 0 Å². The van der Waals surface area contributed by atoms with Gasteiger partial charge in [0.1, 0.15) is 0 Å². The molecular weight excluding hydrogens is 170 g/mol. The van der Waals surface area contributed by atoms with Gasteiger partial charge in [-0.05, 0) is 25.8 Å². The molecule has 0 aromatic rings. The molecular formula is C13H23N. The first kappa shape index (κ1) is 13.2. The number of hydrogen-bond acceptors (Lipinski definition) is 1. The minimum absolute atomic E-state index is 0.543. The largest absolute Gasteiger partial charge is 0.313 e. The van der Waals surface area contributed by atoms with E-state index in [0.29, 0.717) is 5.92 Å². The van der Waals surface area contributed by atoms with Gasteiger partial charge in [-0.1, -0.05) is 43.7 Å². The molecule has 0 radical (unpaired) electrons. The molecule has 0 atom stereocenters. The van der Waals surface area contributed by atoms with Gasteiger partial charge in [-0.15, -0.1) is 6.58 Å². The fraction of sp³-hybridized carbons (Fsp3) is 0.538. The Labute approximate surface area is 88.6 Å². The SMILES string of the molecule is C=C(C)CCNC/C=C/C(=C)C(C)C. The van der Waals surface area contributed by atoms with Gasteiger partial charge >= 0.3 is 0 Å². The summed E-state index contributed by atoms with van der Waals surface area (Å²) in [5.74, 6) is 0.543. The van der Waals surface area contributed by atoms with E-state index in [0.717, 1.165) is 19.5 Å². The van der Waals surface area contributed by atoms with Gasteiger partial charge in [0.15, 0.2) is 0 Å².